The fraction of sp³-hybridized carbons (Fsp3) is 0.500. The molecule has 0 radical (unpaired) electrons. The van der Waals surface area contributed by atoms with Crippen LogP contribution in [-0.2, 0) is 14.8 Å². The number of sulfonamides is 1. The zero-order chi connectivity index (χ0) is 14.8. The minimum absolute atomic E-state index is 0.211. The van der Waals surface area contributed by atoms with Gasteiger partial charge in [-0.1, -0.05) is 0 Å². The normalized spacial score (nSPS) is 23.2. The van der Waals surface area contributed by atoms with Crippen molar-refractivity contribution in [2.45, 2.75) is 37.1 Å². The lowest BCUT2D eigenvalue weighted by Crippen LogP contribution is -2.51. The summed E-state index contributed by atoms with van der Waals surface area (Å²) < 4.78 is 33.0. The molecule has 1 atom stereocenters. The van der Waals surface area contributed by atoms with Crippen LogP contribution in [0.25, 0.3) is 0 Å². The Morgan fingerprint density at radius 1 is 1.45 bits per heavy atom. The van der Waals surface area contributed by atoms with Crippen LogP contribution >= 0.6 is 0 Å². The second-order valence-corrected chi connectivity index (χ2v) is 7.07. The van der Waals surface area contributed by atoms with Gasteiger partial charge in [0.15, 0.2) is 0 Å². The summed E-state index contributed by atoms with van der Waals surface area (Å²) in [6, 6.07) is 6.57. The van der Waals surface area contributed by atoms with Gasteiger partial charge >= 0.3 is 0 Å². The predicted octanol–water partition coefficient (Wildman–Crippen LogP) is 1.71. The Balaban J connectivity index is 2.29. The Kier molecular flexibility index (Phi) is 4.14. The maximum absolute atomic E-state index is 12.5. The third-order valence-corrected chi connectivity index (χ3v) is 5.21. The van der Waals surface area contributed by atoms with Crippen molar-refractivity contribution in [2.75, 3.05) is 13.2 Å². The smallest absolute Gasteiger partial charge is 0.241 e. The van der Waals surface area contributed by atoms with Crippen LogP contribution < -0.4 is 4.72 Å². The van der Waals surface area contributed by atoms with Crippen molar-refractivity contribution in [1.82, 2.24) is 4.72 Å². The molecule has 2 rings (SSSR count). The summed E-state index contributed by atoms with van der Waals surface area (Å²) in [6.45, 7) is 4.59. The molecule has 1 heterocycles. The molecule has 1 aliphatic rings. The fourth-order valence-electron chi connectivity index (χ4n) is 2.41. The lowest BCUT2D eigenvalue weighted by atomic mass is 9.97. The van der Waals surface area contributed by atoms with E-state index in [4.69, 9.17) is 10.00 Å². The Labute approximate surface area is 119 Å². The van der Waals surface area contributed by atoms with E-state index in [1.54, 1.807) is 13.0 Å². The molecule has 1 unspecified atom stereocenters. The van der Waals surface area contributed by atoms with Gasteiger partial charge in [0.2, 0.25) is 10.0 Å². The molecule has 0 spiro atoms. The molecule has 1 fully saturated rings. The summed E-state index contributed by atoms with van der Waals surface area (Å²) in [5.41, 5.74) is 0.447. The van der Waals surface area contributed by atoms with Crippen molar-refractivity contribution in [3.63, 3.8) is 0 Å². The summed E-state index contributed by atoms with van der Waals surface area (Å²) >= 11 is 0. The Bertz CT molecular complexity index is 641. The zero-order valence-electron chi connectivity index (χ0n) is 11.6. The topological polar surface area (TPSA) is 79.2 Å². The molecule has 0 aliphatic carbocycles. The number of nitrogens with one attached hydrogen (secondary N) is 1. The van der Waals surface area contributed by atoms with E-state index in [2.05, 4.69) is 4.72 Å². The maximum atomic E-state index is 12.5. The number of rotatable bonds is 3. The largest absolute Gasteiger partial charge is 0.380 e. The third-order valence-electron chi connectivity index (χ3n) is 3.41. The van der Waals surface area contributed by atoms with E-state index in [0.29, 0.717) is 24.3 Å². The summed E-state index contributed by atoms with van der Waals surface area (Å²) in [5, 5.41) is 8.83. The summed E-state index contributed by atoms with van der Waals surface area (Å²) in [5.74, 6) is 0. The molecule has 108 valence electrons. The lowest BCUT2D eigenvalue weighted by Gasteiger charge is -2.34. The molecule has 1 N–H and O–H groups in total. The molecule has 0 bridgehead atoms. The summed E-state index contributed by atoms with van der Waals surface area (Å²) in [7, 11) is -3.61. The second-order valence-electron chi connectivity index (χ2n) is 5.41. The van der Waals surface area contributed by atoms with Crippen molar-refractivity contribution in [2.24, 2.45) is 0 Å². The first-order chi connectivity index (χ1) is 9.36. The summed E-state index contributed by atoms with van der Waals surface area (Å²) in [6.07, 6.45) is 1.59. The van der Waals surface area contributed by atoms with Gasteiger partial charge in [0, 0.05) is 6.61 Å². The molecule has 5 nitrogen and oxygen atoms in total. The first-order valence-electron chi connectivity index (χ1n) is 6.49. The average molecular weight is 294 g/mol. The predicted molar refractivity (Wildman–Crippen MR) is 74.7 cm³/mol. The van der Waals surface area contributed by atoms with Crippen molar-refractivity contribution in [1.29, 1.82) is 5.26 Å². The van der Waals surface area contributed by atoms with Gasteiger partial charge < -0.3 is 4.74 Å². The van der Waals surface area contributed by atoms with E-state index in [1.807, 2.05) is 13.0 Å². The van der Waals surface area contributed by atoms with E-state index < -0.39 is 15.6 Å². The molecule has 0 aromatic heterocycles. The highest BCUT2D eigenvalue weighted by molar-refractivity contribution is 7.89. The minimum Gasteiger partial charge on any atom is -0.380 e. The number of ether oxygens (including phenoxy) is 1. The molecular weight excluding hydrogens is 276 g/mol. The molecule has 0 saturated carbocycles. The standard InChI is InChI=1S/C14H18N2O3S/c1-11-8-12(9-15)4-5-13(11)20(17,18)16-14(2)6-3-7-19-10-14/h4-5,8,16H,3,6-7,10H2,1-2H3. The van der Waals surface area contributed by atoms with Crippen LogP contribution in [0.4, 0.5) is 0 Å². The van der Waals surface area contributed by atoms with E-state index in [-0.39, 0.29) is 4.90 Å². The van der Waals surface area contributed by atoms with Gasteiger partial charge in [-0.3, -0.25) is 0 Å². The van der Waals surface area contributed by atoms with E-state index >= 15 is 0 Å². The molecule has 0 amide bonds. The highest BCUT2D eigenvalue weighted by Crippen LogP contribution is 2.23. The summed E-state index contributed by atoms with van der Waals surface area (Å²) in [4.78, 5) is 0.211. The highest BCUT2D eigenvalue weighted by atomic mass is 32.2. The monoisotopic (exact) mass is 294 g/mol. The van der Waals surface area contributed by atoms with Crippen LogP contribution in [0, 0.1) is 18.3 Å². The SMILES string of the molecule is Cc1cc(C#N)ccc1S(=O)(=O)NC1(C)CCCOC1. The number of hydrogen-bond acceptors (Lipinski definition) is 4. The van der Waals surface area contributed by atoms with E-state index in [0.717, 1.165) is 12.8 Å². The molecule has 1 aromatic rings. The van der Waals surface area contributed by atoms with Crippen LogP contribution in [-0.4, -0.2) is 27.2 Å². The number of benzene rings is 1. The second kappa shape index (κ2) is 5.52. The van der Waals surface area contributed by atoms with Gasteiger partial charge in [-0.2, -0.15) is 5.26 Å². The molecule has 1 aromatic carbocycles. The maximum Gasteiger partial charge on any atom is 0.241 e. The van der Waals surface area contributed by atoms with Crippen molar-refractivity contribution >= 4 is 10.0 Å². The van der Waals surface area contributed by atoms with Gasteiger partial charge in [-0.15, -0.1) is 0 Å². The third kappa shape index (κ3) is 3.18. The number of nitriles is 1. The Morgan fingerprint density at radius 2 is 2.20 bits per heavy atom. The van der Waals surface area contributed by atoms with Crippen LogP contribution in [0.15, 0.2) is 23.1 Å². The molecule has 1 aliphatic heterocycles. The van der Waals surface area contributed by atoms with Crippen LogP contribution in [0.5, 0.6) is 0 Å². The molecule has 20 heavy (non-hydrogen) atoms. The van der Waals surface area contributed by atoms with Gasteiger partial charge in [0.05, 0.1) is 28.7 Å². The first-order valence-corrected chi connectivity index (χ1v) is 7.97. The van der Waals surface area contributed by atoms with Crippen molar-refractivity contribution in [3.8, 4) is 6.07 Å². The Morgan fingerprint density at radius 3 is 2.75 bits per heavy atom. The van der Waals surface area contributed by atoms with Gasteiger partial charge in [0.25, 0.3) is 0 Å². The van der Waals surface area contributed by atoms with Crippen molar-refractivity contribution < 1.29 is 13.2 Å². The zero-order valence-corrected chi connectivity index (χ0v) is 12.5. The average Bonchev–Trinajstić information content (AvgIpc) is 2.37. The highest BCUT2D eigenvalue weighted by Gasteiger charge is 2.33. The van der Waals surface area contributed by atoms with Crippen LogP contribution in [0.1, 0.15) is 30.9 Å². The van der Waals surface area contributed by atoms with Gasteiger partial charge in [0.1, 0.15) is 0 Å². The molecule has 1 saturated heterocycles. The van der Waals surface area contributed by atoms with E-state index in [9.17, 15) is 8.42 Å². The first kappa shape index (κ1) is 15.0. The fourth-order valence-corrected chi connectivity index (χ4v) is 4.06. The molecular formula is C14H18N2O3S. The van der Waals surface area contributed by atoms with Crippen LogP contribution in [0.2, 0.25) is 0 Å². The lowest BCUT2D eigenvalue weighted by molar-refractivity contribution is 0.0386. The van der Waals surface area contributed by atoms with Crippen LogP contribution in [0.3, 0.4) is 0 Å². The van der Waals surface area contributed by atoms with Gasteiger partial charge in [-0.25, -0.2) is 13.1 Å². The minimum atomic E-state index is -3.61. The quantitative estimate of drug-likeness (QED) is 0.920. The Hall–Kier alpha value is -1.42. The number of aryl methyl sites for hydroxylation is 1. The van der Waals surface area contributed by atoms with Gasteiger partial charge in [-0.05, 0) is 50.5 Å². The molecule has 6 heteroatoms. The van der Waals surface area contributed by atoms with Crippen molar-refractivity contribution in [3.05, 3.63) is 29.3 Å². The van der Waals surface area contributed by atoms with E-state index in [1.165, 1.54) is 12.1 Å². The number of hydrogen-bond donors (Lipinski definition) is 1. The number of nitrogens with zero attached hydrogens (tertiary/aromatic N) is 1.